The molecule has 1 aromatic heterocycles. The van der Waals surface area contributed by atoms with Crippen LogP contribution in [0.1, 0.15) is 18.4 Å². The lowest BCUT2D eigenvalue weighted by molar-refractivity contribution is -0.117. The molecular weight excluding hydrogens is 334 g/mol. The molecule has 0 aliphatic heterocycles. The second kappa shape index (κ2) is 5.81. The van der Waals surface area contributed by atoms with Crippen LogP contribution in [0.2, 0.25) is 0 Å². The van der Waals surface area contributed by atoms with E-state index in [1.54, 1.807) is 6.07 Å². The summed E-state index contributed by atoms with van der Waals surface area (Å²) in [6, 6.07) is 7.39. The van der Waals surface area contributed by atoms with Gasteiger partial charge in [-0.05, 0) is 43.5 Å². The summed E-state index contributed by atoms with van der Waals surface area (Å²) in [5.41, 5.74) is 1.08. The number of hydrogen-bond acceptors (Lipinski definition) is 4. The van der Waals surface area contributed by atoms with Crippen LogP contribution in [-0.4, -0.2) is 15.9 Å². The molecule has 1 aromatic carbocycles. The molecule has 1 N–H and O–H groups in total. The smallest absolute Gasteiger partial charge is 0.228 e. The Morgan fingerprint density at radius 3 is 2.81 bits per heavy atom. The largest absolute Gasteiger partial charge is 0.439 e. The van der Waals surface area contributed by atoms with E-state index in [-0.39, 0.29) is 11.8 Å². The number of aromatic nitrogens is 2. The van der Waals surface area contributed by atoms with E-state index in [9.17, 15) is 4.79 Å². The number of nitrogens with zero attached hydrogens (tertiary/aromatic N) is 2. The summed E-state index contributed by atoms with van der Waals surface area (Å²) in [4.78, 5) is 19.8. The zero-order valence-corrected chi connectivity index (χ0v) is 13.1. The second-order valence-electron chi connectivity index (χ2n) is 5.07. The van der Waals surface area contributed by atoms with Crippen LogP contribution in [0, 0.1) is 12.8 Å². The predicted molar refractivity (Wildman–Crippen MR) is 82.3 cm³/mol. The molecule has 1 amide bonds. The van der Waals surface area contributed by atoms with Crippen molar-refractivity contribution in [1.82, 2.24) is 9.97 Å². The van der Waals surface area contributed by atoms with Crippen molar-refractivity contribution in [3.05, 3.63) is 40.6 Å². The van der Waals surface area contributed by atoms with Crippen LogP contribution in [-0.2, 0) is 4.79 Å². The number of rotatable bonds is 4. The summed E-state index contributed by atoms with van der Waals surface area (Å²) in [6.07, 6.45) is 3.29. The van der Waals surface area contributed by atoms with Gasteiger partial charge in [-0.1, -0.05) is 15.9 Å². The standard InChI is InChI=1S/C15H14BrN3O2/c1-9-4-11(16)6-12(5-9)21-14-7-13(17-8-18-14)19-15(20)10-2-3-10/h4-8,10H,2-3H2,1H3,(H,17,18,19,20). The first-order valence-electron chi connectivity index (χ1n) is 6.68. The van der Waals surface area contributed by atoms with E-state index in [0.29, 0.717) is 17.4 Å². The highest BCUT2D eigenvalue weighted by Gasteiger charge is 2.29. The van der Waals surface area contributed by atoms with Crippen LogP contribution >= 0.6 is 15.9 Å². The molecule has 0 bridgehead atoms. The van der Waals surface area contributed by atoms with Gasteiger partial charge in [-0.2, -0.15) is 0 Å². The Bertz CT molecular complexity index is 666. The third-order valence-electron chi connectivity index (χ3n) is 3.08. The van der Waals surface area contributed by atoms with Crippen LogP contribution in [0.3, 0.4) is 0 Å². The average molecular weight is 348 g/mol. The number of halogens is 1. The van der Waals surface area contributed by atoms with Gasteiger partial charge in [0.2, 0.25) is 11.8 Å². The molecule has 21 heavy (non-hydrogen) atoms. The molecule has 0 saturated heterocycles. The Morgan fingerprint density at radius 1 is 1.29 bits per heavy atom. The first-order chi connectivity index (χ1) is 10.1. The van der Waals surface area contributed by atoms with Crippen LogP contribution in [0.4, 0.5) is 5.82 Å². The topological polar surface area (TPSA) is 64.1 Å². The lowest BCUT2D eigenvalue weighted by Gasteiger charge is -2.08. The maximum absolute atomic E-state index is 11.7. The van der Waals surface area contributed by atoms with E-state index in [2.05, 4.69) is 31.2 Å². The molecule has 108 valence electrons. The minimum absolute atomic E-state index is 0.0120. The highest BCUT2D eigenvalue weighted by atomic mass is 79.9. The van der Waals surface area contributed by atoms with Crippen molar-refractivity contribution in [2.45, 2.75) is 19.8 Å². The summed E-state index contributed by atoms with van der Waals surface area (Å²) in [6.45, 7) is 1.99. The van der Waals surface area contributed by atoms with Crippen molar-refractivity contribution in [3.63, 3.8) is 0 Å². The number of anilines is 1. The van der Waals surface area contributed by atoms with Gasteiger partial charge in [-0.3, -0.25) is 4.79 Å². The van der Waals surface area contributed by atoms with E-state index in [1.165, 1.54) is 6.33 Å². The van der Waals surface area contributed by atoms with E-state index in [4.69, 9.17) is 4.74 Å². The van der Waals surface area contributed by atoms with E-state index < -0.39 is 0 Å². The minimum Gasteiger partial charge on any atom is -0.439 e. The lowest BCUT2D eigenvalue weighted by atomic mass is 10.2. The molecule has 0 spiro atoms. The van der Waals surface area contributed by atoms with Crippen molar-refractivity contribution in [3.8, 4) is 11.6 Å². The monoisotopic (exact) mass is 347 g/mol. The summed E-state index contributed by atoms with van der Waals surface area (Å²) >= 11 is 3.43. The number of benzene rings is 1. The van der Waals surface area contributed by atoms with Gasteiger partial charge in [-0.15, -0.1) is 0 Å². The number of ether oxygens (including phenoxy) is 1. The highest BCUT2D eigenvalue weighted by Crippen LogP contribution is 2.30. The van der Waals surface area contributed by atoms with Gasteiger partial charge >= 0.3 is 0 Å². The molecule has 5 nitrogen and oxygen atoms in total. The summed E-state index contributed by atoms with van der Waals surface area (Å²) in [5, 5.41) is 2.77. The third-order valence-corrected chi connectivity index (χ3v) is 3.54. The molecule has 6 heteroatoms. The SMILES string of the molecule is Cc1cc(Br)cc(Oc2cc(NC(=O)C3CC3)ncn2)c1. The molecule has 0 atom stereocenters. The zero-order valence-electron chi connectivity index (χ0n) is 11.5. The van der Waals surface area contributed by atoms with Crippen molar-refractivity contribution in [2.75, 3.05) is 5.32 Å². The minimum atomic E-state index is 0.0120. The van der Waals surface area contributed by atoms with Crippen LogP contribution in [0.5, 0.6) is 11.6 Å². The normalized spacial score (nSPS) is 13.8. The number of hydrogen-bond donors (Lipinski definition) is 1. The number of nitrogens with one attached hydrogen (secondary N) is 1. The Hall–Kier alpha value is -1.95. The molecule has 0 unspecified atom stereocenters. The van der Waals surface area contributed by atoms with Crippen molar-refractivity contribution in [1.29, 1.82) is 0 Å². The molecule has 1 aliphatic rings. The van der Waals surface area contributed by atoms with Crippen LogP contribution in [0.15, 0.2) is 35.1 Å². The van der Waals surface area contributed by atoms with Crippen LogP contribution < -0.4 is 10.1 Å². The van der Waals surface area contributed by atoms with Gasteiger partial charge in [-0.25, -0.2) is 9.97 Å². The maximum atomic E-state index is 11.7. The first kappa shape index (κ1) is 14.0. The van der Waals surface area contributed by atoms with Crippen LogP contribution in [0.25, 0.3) is 0 Å². The third kappa shape index (κ3) is 3.78. The molecule has 1 heterocycles. The molecule has 1 saturated carbocycles. The highest BCUT2D eigenvalue weighted by molar-refractivity contribution is 9.10. The number of carbonyl (C=O) groups excluding carboxylic acids is 1. The Labute approximate surface area is 130 Å². The molecule has 1 aliphatic carbocycles. The van der Waals surface area contributed by atoms with Crippen molar-refractivity contribution < 1.29 is 9.53 Å². The molecule has 1 fully saturated rings. The Morgan fingerprint density at radius 2 is 2.10 bits per heavy atom. The molecular formula is C15H14BrN3O2. The quantitative estimate of drug-likeness (QED) is 0.915. The van der Waals surface area contributed by atoms with Gasteiger partial charge < -0.3 is 10.1 Å². The zero-order chi connectivity index (χ0) is 14.8. The fraction of sp³-hybridized carbons (Fsp3) is 0.267. The van der Waals surface area contributed by atoms with E-state index in [1.807, 2.05) is 25.1 Å². The van der Waals surface area contributed by atoms with E-state index >= 15 is 0 Å². The Kier molecular flexibility index (Phi) is 3.88. The van der Waals surface area contributed by atoms with E-state index in [0.717, 1.165) is 22.9 Å². The average Bonchev–Trinajstić information content (AvgIpc) is 3.21. The van der Waals surface area contributed by atoms with Crippen molar-refractivity contribution >= 4 is 27.7 Å². The second-order valence-corrected chi connectivity index (χ2v) is 5.99. The van der Waals surface area contributed by atoms with Gasteiger partial charge in [0.1, 0.15) is 17.9 Å². The maximum Gasteiger partial charge on any atom is 0.228 e. The van der Waals surface area contributed by atoms with Gasteiger partial charge in [0.25, 0.3) is 0 Å². The number of carbonyl (C=O) groups is 1. The number of aryl methyl sites for hydroxylation is 1. The fourth-order valence-corrected chi connectivity index (χ4v) is 2.51. The molecule has 0 radical (unpaired) electrons. The van der Waals surface area contributed by atoms with Crippen molar-refractivity contribution in [2.24, 2.45) is 5.92 Å². The predicted octanol–water partition coefficient (Wildman–Crippen LogP) is 3.69. The van der Waals surface area contributed by atoms with Gasteiger partial charge in [0.05, 0.1) is 0 Å². The Balaban J connectivity index is 1.74. The first-order valence-corrected chi connectivity index (χ1v) is 7.47. The van der Waals surface area contributed by atoms with Gasteiger partial charge in [0, 0.05) is 16.5 Å². The molecule has 2 aromatic rings. The number of amides is 1. The fourth-order valence-electron chi connectivity index (χ4n) is 1.92. The summed E-state index contributed by atoms with van der Waals surface area (Å²) in [5.74, 6) is 1.69. The van der Waals surface area contributed by atoms with Gasteiger partial charge in [0.15, 0.2) is 0 Å². The summed E-state index contributed by atoms with van der Waals surface area (Å²) < 4.78 is 6.64. The summed E-state index contributed by atoms with van der Waals surface area (Å²) in [7, 11) is 0. The molecule has 3 rings (SSSR count). The lowest BCUT2D eigenvalue weighted by Crippen LogP contribution is -2.14.